The zero-order valence-corrected chi connectivity index (χ0v) is 11.9. The van der Waals surface area contributed by atoms with E-state index in [1.807, 2.05) is 0 Å². The van der Waals surface area contributed by atoms with Gasteiger partial charge in [-0.05, 0) is 34.1 Å². The highest BCUT2D eigenvalue weighted by Gasteiger charge is 2.17. The van der Waals surface area contributed by atoms with Gasteiger partial charge in [0.25, 0.3) is 0 Å². The van der Waals surface area contributed by atoms with Crippen LogP contribution in [-0.4, -0.2) is 27.2 Å². The lowest BCUT2D eigenvalue weighted by Gasteiger charge is -2.08. The molecule has 1 N–H and O–H groups in total. The maximum Gasteiger partial charge on any atom is 0.322 e. The van der Waals surface area contributed by atoms with Crippen LogP contribution in [-0.2, 0) is 19.6 Å². The molecule has 94 valence electrons. The number of halogens is 2. The summed E-state index contributed by atoms with van der Waals surface area (Å²) in [6, 6.07) is 4.56. The lowest BCUT2D eigenvalue weighted by Crippen LogP contribution is -2.23. The Labute approximate surface area is 112 Å². The second-order valence-electron chi connectivity index (χ2n) is 3.06. The maximum absolute atomic E-state index is 11.5. The summed E-state index contributed by atoms with van der Waals surface area (Å²) in [6.45, 7) is 0. The number of hydrogen-bond acceptors (Lipinski definition) is 4. The van der Waals surface area contributed by atoms with Crippen molar-refractivity contribution in [3.63, 3.8) is 0 Å². The predicted octanol–water partition coefficient (Wildman–Crippen LogP) is 2.02. The molecule has 0 atom stereocenters. The molecule has 0 unspecified atom stereocenters. The second kappa shape index (κ2) is 5.70. The molecular weight excluding hydrogens is 334 g/mol. The second-order valence-corrected chi connectivity index (χ2v) is 6.07. The topological polar surface area (TPSA) is 72.5 Å². The molecule has 1 rings (SSSR count). The highest BCUT2D eigenvalue weighted by Crippen LogP contribution is 2.26. The number of carbonyl (C=O) groups excluding carboxylic acids is 1. The van der Waals surface area contributed by atoms with Gasteiger partial charge in [-0.2, -0.15) is 0 Å². The van der Waals surface area contributed by atoms with Crippen LogP contribution in [0.15, 0.2) is 22.7 Å². The summed E-state index contributed by atoms with van der Waals surface area (Å²) in [7, 11) is -2.66. The third kappa shape index (κ3) is 4.53. The average molecular weight is 343 g/mol. The van der Waals surface area contributed by atoms with Gasteiger partial charge in [-0.3, -0.25) is 9.52 Å². The molecule has 0 aliphatic carbocycles. The van der Waals surface area contributed by atoms with Gasteiger partial charge in [0.15, 0.2) is 5.75 Å². The van der Waals surface area contributed by atoms with Crippen LogP contribution in [0.4, 0.5) is 5.69 Å². The fourth-order valence-electron chi connectivity index (χ4n) is 0.990. The summed E-state index contributed by atoms with van der Waals surface area (Å²) in [4.78, 5) is 10.9. The summed E-state index contributed by atoms with van der Waals surface area (Å²) < 4.78 is 30.1. The first-order valence-electron chi connectivity index (χ1n) is 4.36. The third-order valence-corrected chi connectivity index (χ3v) is 3.77. The van der Waals surface area contributed by atoms with Crippen LogP contribution < -0.4 is 4.72 Å². The Morgan fingerprint density at radius 1 is 1.53 bits per heavy atom. The minimum atomic E-state index is -3.78. The maximum atomic E-state index is 11.5. The molecule has 0 heterocycles. The Kier molecular flexibility index (Phi) is 4.79. The monoisotopic (exact) mass is 341 g/mol. The first kappa shape index (κ1) is 14.3. The third-order valence-electron chi connectivity index (χ3n) is 1.73. The van der Waals surface area contributed by atoms with Gasteiger partial charge in [-0.25, -0.2) is 8.42 Å². The van der Waals surface area contributed by atoms with Crippen molar-refractivity contribution >= 4 is 49.2 Å². The van der Waals surface area contributed by atoms with Gasteiger partial charge in [-0.15, -0.1) is 0 Å². The summed E-state index contributed by atoms with van der Waals surface area (Å²) in [5, 5.41) is 0.466. The lowest BCUT2D eigenvalue weighted by atomic mass is 10.3. The van der Waals surface area contributed by atoms with Gasteiger partial charge in [-0.1, -0.05) is 11.6 Å². The molecule has 0 aromatic heterocycles. The number of sulfonamides is 1. The summed E-state index contributed by atoms with van der Waals surface area (Å²) >= 11 is 8.87. The van der Waals surface area contributed by atoms with Gasteiger partial charge in [0, 0.05) is 9.50 Å². The van der Waals surface area contributed by atoms with Crippen LogP contribution in [0.5, 0.6) is 0 Å². The molecule has 0 radical (unpaired) electrons. The Hall–Kier alpha value is -0.790. The van der Waals surface area contributed by atoms with E-state index in [-0.39, 0.29) is 0 Å². The molecule has 17 heavy (non-hydrogen) atoms. The Morgan fingerprint density at radius 2 is 2.18 bits per heavy atom. The number of anilines is 1. The molecular formula is C9H9BrClNO4S. The van der Waals surface area contributed by atoms with Crippen molar-refractivity contribution in [3.05, 3.63) is 27.7 Å². The van der Waals surface area contributed by atoms with E-state index < -0.39 is 21.7 Å². The number of ether oxygens (including phenoxy) is 1. The smallest absolute Gasteiger partial charge is 0.322 e. The molecule has 0 saturated heterocycles. The molecule has 0 saturated carbocycles. The number of esters is 1. The number of nitrogens with one attached hydrogen (secondary N) is 1. The minimum absolute atomic E-state index is 0.304. The van der Waals surface area contributed by atoms with E-state index in [2.05, 4.69) is 25.4 Å². The Morgan fingerprint density at radius 3 is 2.71 bits per heavy atom. The Bertz CT molecular complexity index is 532. The molecule has 0 aliphatic heterocycles. The van der Waals surface area contributed by atoms with E-state index in [9.17, 15) is 13.2 Å². The molecule has 0 bridgehead atoms. The van der Waals surface area contributed by atoms with Crippen LogP contribution in [0.1, 0.15) is 0 Å². The van der Waals surface area contributed by atoms with Crippen LogP contribution in [0.2, 0.25) is 5.02 Å². The van der Waals surface area contributed by atoms with E-state index >= 15 is 0 Å². The van der Waals surface area contributed by atoms with E-state index in [1.165, 1.54) is 18.2 Å². The van der Waals surface area contributed by atoms with Crippen LogP contribution in [0.3, 0.4) is 0 Å². The SMILES string of the molecule is COC(=O)CS(=O)(=O)Nc1ccc(Cl)cc1Br. The number of hydrogen-bond donors (Lipinski definition) is 1. The number of carbonyl (C=O) groups is 1. The zero-order valence-electron chi connectivity index (χ0n) is 8.74. The molecule has 0 spiro atoms. The molecule has 5 nitrogen and oxygen atoms in total. The molecule has 1 aromatic carbocycles. The van der Waals surface area contributed by atoms with Gasteiger partial charge >= 0.3 is 5.97 Å². The lowest BCUT2D eigenvalue weighted by molar-refractivity contribution is -0.137. The summed E-state index contributed by atoms with van der Waals surface area (Å²) in [6.07, 6.45) is 0. The average Bonchev–Trinajstić information content (AvgIpc) is 2.21. The fraction of sp³-hybridized carbons (Fsp3) is 0.222. The quantitative estimate of drug-likeness (QED) is 0.850. The van der Waals surface area contributed by atoms with Gasteiger partial charge < -0.3 is 4.74 Å². The van der Waals surface area contributed by atoms with Crippen molar-refractivity contribution in [2.24, 2.45) is 0 Å². The molecule has 0 fully saturated rings. The van der Waals surface area contributed by atoms with Crippen molar-refractivity contribution in [3.8, 4) is 0 Å². The fourth-order valence-corrected chi connectivity index (χ4v) is 2.92. The summed E-state index contributed by atoms with van der Waals surface area (Å²) in [5.41, 5.74) is 0.304. The standard InChI is InChI=1S/C9H9BrClNO4S/c1-16-9(13)5-17(14,15)12-8-3-2-6(11)4-7(8)10/h2-4,12H,5H2,1H3. The van der Waals surface area contributed by atoms with Crippen LogP contribution >= 0.6 is 27.5 Å². The van der Waals surface area contributed by atoms with E-state index in [0.717, 1.165) is 7.11 Å². The zero-order chi connectivity index (χ0) is 13.1. The van der Waals surface area contributed by atoms with Crippen LogP contribution in [0, 0.1) is 0 Å². The molecule has 0 amide bonds. The van der Waals surface area contributed by atoms with E-state index in [4.69, 9.17) is 11.6 Å². The van der Waals surface area contributed by atoms with E-state index in [1.54, 1.807) is 0 Å². The largest absolute Gasteiger partial charge is 0.468 e. The van der Waals surface area contributed by atoms with Crippen molar-refractivity contribution in [1.29, 1.82) is 0 Å². The number of benzene rings is 1. The predicted molar refractivity (Wildman–Crippen MR) is 68.6 cm³/mol. The normalized spacial score (nSPS) is 11.0. The Balaban J connectivity index is 2.87. The van der Waals surface area contributed by atoms with Crippen molar-refractivity contribution in [2.45, 2.75) is 0 Å². The summed E-state index contributed by atoms with van der Waals surface area (Å²) in [5.74, 6) is -1.57. The van der Waals surface area contributed by atoms with Crippen molar-refractivity contribution in [2.75, 3.05) is 17.6 Å². The van der Waals surface area contributed by atoms with Gasteiger partial charge in [0.05, 0.1) is 12.8 Å². The van der Waals surface area contributed by atoms with Crippen molar-refractivity contribution < 1.29 is 17.9 Å². The molecule has 1 aromatic rings. The first-order chi connectivity index (χ1) is 7.84. The minimum Gasteiger partial charge on any atom is -0.468 e. The highest BCUT2D eigenvalue weighted by molar-refractivity contribution is 9.10. The molecule has 8 heteroatoms. The van der Waals surface area contributed by atoms with Crippen LogP contribution in [0.25, 0.3) is 0 Å². The highest BCUT2D eigenvalue weighted by atomic mass is 79.9. The number of rotatable bonds is 4. The number of methoxy groups -OCH3 is 1. The van der Waals surface area contributed by atoms with Gasteiger partial charge in [0.1, 0.15) is 0 Å². The van der Waals surface area contributed by atoms with E-state index in [0.29, 0.717) is 15.2 Å². The first-order valence-corrected chi connectivity index (χ1v) is 7.19. The van der Waals surface area contributed by atoms with Crippen molar-refractivity contribution in [1.82, 2.24) is 0 Å². The molecule has 0 aliphatic rings. The van der Waals surface area contributed by atoms with Gasteiger partial charge in [0.2, 0.25) is 10.0 Å².